The molecule has 3 N–H and O–H groups in total. The Labute approximate surface area is 267 Å². The number of hydrogen-bond donors (Lipinski definition) is 3. The summed E-state index contributed by atoms with van der Waals surface area (Å²) in [5.74, 6) is 7.43. The van der Waals surface area contributed by atoms with Crippen molar-refractivity contribution in [2.75, 3.05) is 90.1 Å². The van der Waals surface area contributed by atoms with Crippen LogP contribution in [0.3, 0.4) is 0 Å². The van der Waals surface area contributed by atoms with Gasteiger partial charge in [0.15, 0.2) is 0 Å². The summed E-state index contributed by atoms with van der Waals surface area (Å²) in [5.41, 5.74) is 4.45. The number of fused-ring (bicyclic) bond motifs is 1. The van der Waals surface area contributed by atoms with Crippen LogP contribution in [0.2, 0.25) is 0 Å². The van der Waals surface area contributed by atoms with E-state index < -0.39 is 0 Å². The molecule has 10 nitrogen and oxygen atoms in total. The Balaban J connectivity index is 1.13. The van der Waals surface area contributed by atoms with Crippen molar-refractivity contribution in [2.45, 2.75) is 39.3 Å². The van der Waals surface area contributed by atoms with E-state index in [0.717, 1.165) is 36.8 Å². The number of nitrogens with one attached hydrogen (secondary N) is 3. The van der Waals surface area contributed by atoms with Gasteiger partial charge in [0, 0.05) is 42.8 Å². The van der Waals surface area contributed by atoms with Crippen LogP contribution in [0.5, 0.6) is 5.75 Å². The molecule has 2 aromatic carbocycles. The van der Waals surface area contributed by atoms with Gasteiger partial charge in [-0.2, -0.15) is 0 Å². The number of hydrogen-bond acceptors (Lipinski definition) is 8. The zero-order chi connectivity index (χ0) is 31.7. The van der Waals surface area contributed by atoms with Crippen LogP contribution >= 0.6 is 0 Å². The van der Waals surface area contributed by atoms with Crippen LogP contribution in [-0.4, -0.2) is 101 Å². The number of piperidine rings is 1. The normalized spacial score (nSPS) is 13.8. The number of carbonyl (C=O) groups is 1. The third kappa shape index (κ3) is 11.6. The van der Waals surface area contributed by atoms with Crippen molar-refractivity contribution in [1.82, 2.24) is 14.8 Å². The molecule has 2 heterocycles. The molecule has 0 unspecified atom stereocenters. The molecule has 1 amide bonds. The largest absolute Gasteiger partial charge is 0.491 e. The van der Waals surface area contributed by atoms with Crippen molar-refractivity contribution in [1.29, 1.82) is 0 Å². The summed E-state index contributed by atoms with van der Waals surface area (Å²) < 4.78 is 24.5. The van der Waals surface area contributed by atoms with E-state index in [4.69, 9.17) is 18.9 Å². The lowest BCUT2D eigenvalue weighted by molar-refractivity contribution is -0.119. The molecule has 1 fully saturated rings. The van der Waals surface area contributed by atoms with E-state index in [-0.39, 0.29) is 5.91 Å². The first-order valence-electron chi connectivity index (χ1n) is 16.0. The van der Waals surface area contributed by atoms with Gasteiger partial charge in [-0.25, -0.2) is 0 Å². The monoisotopic (exact) mass is 619 g/mol. The van der Waals surface area contributed by atoms with Crippen molar-refractivity contribution >= 4 is 28.2 Å². The molecule has 1 aromatic heterocycles. The highest BCUT2D eigenvalue weighted by Crippen LogP contribution is 2.29. The van der Waals surface area contributed by atoms with Crippen LogP contribution in [0.4, 0.5) is 11.4 Å². The van der Waals surface area contributed by atoms with Gasteiger partial charge in [-0.15, -0.1) is 0 Å². The maximum atomic E-state index is 10.8. The molecule has 0 atom stereocenters. The molecule has 1 saturated heterocycles. The number of ether oxygens (including phenoxy) is 4. The molecule has 3 aromatic rings. The van der Waals surface area contributed by atoms with Crippen molar-refractivity contribution in [2.24, 2.45) is 0 Å². The Kier molecular flexibility index (Phi) is 14.3. The molecular formula is C35H49N5O5. The van der Waals surface area contributed by atoms with E-state index in [1.54, 1.807) is 0 Å². The van der Waals surface area contributed by atoms with Crippen LogP contribution < -0.4 is 20.7 Å². The number of aryl methyl sites for hydroxylation is 1. The standard InChI is InChI=1S/C35H49N5O5/c1-4-40-31(27-33-34(8-5-9-35(33)40)38-30-14-18-39(3)19-15-30)7-6-16-37-29-10-12-32(13-11-29)45-26-25-44-24-23-43-22-21-42-20-17-36-28(2)41/h5,8-13,27,30,37-38H,4,14-26H2,1-3H3,(H,36,41). The van der Waals surface area contributed by atoms with E-state index >= 15 is 0 Å². The fourth-order valence-corrected chi connectivity index (χ4v) is 5.24. The average molecular weight is 620 g/mol. The van der Waals surface area contributed by atoms with Gasteiger partial charge in [-0.3, -0.25) is 4.79 Å². The molecule has 45 heavy (non-hydrogen) atoms. The van der Waals surface area contributed by atoms with Crippen LogP contribution in [0.1, 0.15) is 32.4 Å². The number of rotatable bonds is 18. The second-order valence-electron chi connectivity index (χ2n) is 11.1. The summed E-state index contributed by atoms with van der Waals surface area (Å²) in [5, 5.41) is 11.1. The quantitative estimate of drug-likeness (QED) is 0.144. The minimum atomic E-state index is -0.0558. The molecule has 0 spiro atoms. The SMILES string of the molecule is CCn1c(C#CCNc2ccc(OCCOCCOCCOCCNC(C)=O)cc2)cc2c(NC3CCN(C)CC3)cccc21. The fourth-order valence-electron chi connectivity index (χ4n) is 5.24. The van der Waals surface area contributed by atoms with E-state index in [1.807, 2.05) is 24.3 Å². The van der Waals surface area contributed by atoms with Gasteiger partial charge in [-0.05, 0) is 88.3 Å². The lowest BCUT2D eigenvalue weighted by Crippen LogP contribution is -2.36. The van der Waals surface area contributed by atoms with E-state index in [9.17, 15) is 4.79 Å². The summed E-state index contributed by atoms with van der Waals surface area (Å²) >= 11 is 0. The highest BCUT2D eigenvalue weighted by atomic mass is 16.6. The van der Waals surface area contributed by atoms with Crippen molar-refractivity contribution in [3.05, 3.63) is 54.2 Å². The number of anilines is 2. The van der Waals surface area contributed by atoms with Gasteiger partial charge in [0.25, 0.3) is 0 Å². The Hall–Kier alpha value is -3.75. The van der Waals surface area contributed by atoms with Crippen molar-refractivity contribution in [3.8, 4) is 17.6 Å². The van der Waals surface area contributed by atoms with Crippen LogP contribution in [0.25, 0.3) is 10.9 Å². The Morgan fingerprint density at radius 1 is 0.933 bits per heavy atom. The molecule has 0 radical (unpaired) electrons. The smallest absolute Gasteiger partial charge is 0.216 e. The first-order chi connectivity index (χ1) is 22.0. The van der Waals surface area contributed by atoms with Gasteiger partial charge < -0.3 is 44.4 Å². The van der Waals surface area contributed by atoms with Gasteiger partial charge in [0.05, 0.1) is 57.4 Å². The fraction of sp³-hybridized carbons (Fsp3) is 0.514. The molecule has 0 aliphatic carbocycles. The van der Waals surface area contributed by atoms with E-state index in [0.29, 0.717) is 65.4 Å². The maximum Gasteiger partial charge on any atom is 0.216 e. The molecule has 1 aliphatic rings. The van der Waals surface area contributed by atoms with Crippen molar-refractivity contribution < 1.29 is 23.7 Å². The second-order valence-corrected chi connectivity index (χ2v) is 11.1. The molecule has 10 heteroatoms. The first-order valence-corrected chi connectivity index (χ1v) is 16.0. The molecule has 244 valence electrons. The Morgan fingerprint density at radius 2 is 1.62 bits per heavy atom. The molecular weight excluding hydrogens is 570 g/mol. The van der Waals surface area contributed by atoms with Gasteiger partial charge >= 0.3 is 0 Å². The van der Waals surface area contributed by atoms with Gasteiger partial charge in [0.2, 0.25) is 5.91 Å². The number of nitrogens with zero attached hydrogens (tertiary/aromatic N) is 2. The van der Waals surface area contributed by atoms with Gasteiger partial charge in [-0.1, -0.05) is 12.0 Å². The Morgan fingerprint density at radius 3 is 2.31 bits per heavy atom. The molecule has 0 bridgehead atoms. The highest BCUT2D eigenvalue weighted by Gasteiger charge is 2.18. The Bertz CT molecular complexity index is 1370. The predicted molar refractivity (Wildman–Crippen MR) is 180 cm³/mol. The van der Waals surface area contributed by atoms with Gasteiger partial charge in [0.1, 0.15) is 12.4 Å². The van der Waals surface area contributed by atoms with E-state index in [2.05, 4.69) is 75.5 Å². The van der Waals surface area contributed by atoms with Crippen molar-refractivity contribution in [3.63, 3.8) is 0 Å². The zero-order valence-electron chi connectivity index (χ0n) is 27.0. The number of aromatic nitrogens is 1. The number of carbonyl (C=O) groups excluding carboxylic acids is 1. The minimum Gasteiger partial charge on any atom is -0.491 e. The minimum absolute atomic E-state index is 0.0558. The van der Waals surface area contributed by atoms with Crippen LogP contribution in [0.15, 0.2) is 48.5 Å². The summed E-state index contributed by atoms with van der Waals surface area (Å²) in [4.78, 5) is 13.2. The lowest BCUT2D eigenvalue weighted by atomic mass is 10.0. The van der Waals surface area contributed by atoms with Crippen LogP contribution in [0, 0.1) is 11.8 Å². The topological polar surface area (TPSA) is 98.3 Å². The lowest BCUT2D eigenvalue weighted by Gasteiger charge is -2.30. The summed E-state index contributed by atoms with van der Waals surface area (Å²) in [7, 11) is 2.20. The summed E-state index contributed by atoms with van der Waals surface area (Å²) in [6, 6.07) is 17.1. The zero-order valence-corrected chi connectivity index (χ0v) is 27.0. The maximum absolute atomic E-state index is 10.8. The van der Waals surface area contributed by atoms with Crippen LogP contribution in [-0.2, 0) is 25.5 Å². The summed E-state index contributed by atoms with van der Waals surface area (Å²) in [6.07, 6.45) is 2.33. The third-order valence-corrected chi connectivity index (χ3v) is 7.65. The number of likely N-dealkylation sites (tertiary alicyclic amines) is 1. The molecule has 0 saturated carbocycles. The number of benzene rings is 2. The van der Waals surface area contributed by atoms with E-state index in [1.165, 1.54) is 36.4 Å². The predicted octanol–water partition coefficient (Wildman–Crippen LogP) is 4.20. The molecule has 4 rings (SSSR count). The highest BCUT2D eigenvalue weighted by molar-refractivity contribution is 5.94. The molecule has 1 aliphatic heterocycles. The third-order valence-electron chi connectivity index (χ3n) is 7.65. The first kappa shape index (κ1) is 34.1. The number of amides is 1. The summed E-state index contributed by atoms with van der Waals surface area (Å²) in [6.45, 7) is 11.3. The second kappa shape index (κ2) is 18.9. The average Bonchev–Trinajstić information content (AvgIpc) is 3.41.